The maximum absolute atomic E-state index is 12.3. The Balaban J connectivity index is 2.00. The lowest BCUT2D eigenvalue weighted by Gasteiger charge is -2.09. The third-order valence-corrected chi connectivity index (χ3v) is 4.62. The predicted octanol–water partition coefficient (Wildman–Crippen LogP) is 4.05. The van der Waals surface area contributed by atoms with Crippen molar-refractivity contribution in [3.63, 3.8) is 0 Å². The second-order valence-electron chi connectivity index (χ2n) is 5.80. The van der Waals surface area contributed by atoms with Crippen molar-refractivity contribution in [2.24, 2.45) is 0 Å². The minimum absolute atomic E-state index is 0.0126. The van der Waals surface area contributed by atoms with Gasteiger partial charge in [-0.25, -0.2) is 0 Å². The quantitative estimate of drug-likeness (QED) is 0.261. The van der Waals surface area contributed by atoms with Gasteiger partial charge in [-0.2, -0.15) is 5.26 Å². The van der Waals surface area contributed by atoms with Gasteiger partial charge in [-0.1, -0.05) is 30.3 Å². The summed E-state index contributed by atoms with van der Waals surface area (Å²) >= 11 is 1.98. The number of phenols is 1. The van der Waals surface area contributed by atoms with E-state index in [1.807, 2.05) is 65.9 Å². The number of halogens is 1. The third-order valence-electron chi connectivity index (χ3n) is 3.80. The summed E-state index contributed by atoms with van der Waals surface area (Å²) in [6.07, 6.45) is 3.15. The van der Waals surface area contributed by atoms with Crippen molar-refractivity contribution >= 4 is 34.6 Å². The van der Waals surface area contributed by atoms with Crippen molar-refractivity contribution in [3.05, 3.63) is 62.7 Å². The van der Waals surface area contributed by atoms with Crippen LogP contribution in [0.2, 0.25) is 0 Å². The van der Waals surface area contributed by atoms with Crippen LogP contribution < -0.4 is 10.1 Å². The number of carbonyl (C=O) groups excluding carboxylic acids is 1. The first-order valence-electron chi connectivity index (χ1n) is 8.64. The molecule has 27 heavy (non-hydrogen) atoms. The molecule has 2 rings (SSSR count). The molecule has 0 aliphatic carbocycles. The van der Waals surface area contributed by atoms with Gasteiger partial charge in [0, 0.05) is 6.54 Å². The van der Waals surface area contributed by atoms with Gasteiger partial charge in [0.25, 0.3) is 5.91 Å². The molecular formula is C21H21IN2O3. The number of hydrogen-bond donors (Lipinski definition) is 2. The van der Waals surface area contributed by atoms with Gasteiger partial charge in [0.1, 0.15) is 11.6 Å². The molecule has 0 unspecified atom stereocenters. The molecule has 0 bridgehead atoms. The van der Waals surface area contributed by atoms with Crippen molar-refractivity contribution in [1.29, 1.82) is 5.26 Å². The summed E-state index contributed by atoms with van der Waals surface area (Å²) in [6, 6.07) is 15.3. The van der Waals surface area contributed by atoms with E-state index in [-0.39, 0.29) is 11.3 Å². The van der Waals surface area contributed by atoms with Crippen LogP contribution in [0.1, 0.15) is 24.5 Å². The van der Waals surface area contributed by atoms with Crippen molar-refractivity contribution < 1.29 is 14.6 Å². The number of aryl methyl sites for hydroxylation is 1. The normalized spacial score (nSPS) is 10.9. The SMILES string of the molecule is CCOc1cc(/C=C(/C#N)C(=O)NCCCc2ccccc2)cc(I)c1O. The Labute approximate surface area is 172 Å². The number of aromatic hydroxyl groups is 1. The van der Waals surface area contributed by atoms with Crippen LogP contribution >= 0.6 is 22.6 Å². The Kier molecular flexibility index (Phi) is 8.14. The van der Waals surface area contributed by atoms with Gasteiger partial charge in [-0.15, -0.1) is 0 Å². The Morgan fingerprint density at radius 2 is 2.07 bits per heavy atom. The molecule has 2 aromatic carbocycles. The van der Waals surface area contributed by atoms with Crippen molar-refractivity contribution in [2.75, 3.05) is 13.2 Å². The zero-order chi connectivity index (χ0) is 19.6. The number of nitrogens with one attached hydrogen (secondary N) is 1. The number of carbonyl (C=O) groups is 1. The molecule has 0 saturated heterocycles. The molecule has 5 nitrogen and oxygen atoms in total. The zero-order valence-corrected chi connectivity index (χ0v) is 17.2. The highest BCUT2D eigenvalue weighted by Gasteiger charge is 2.12. The summed E-state index contributed by atoms with van der Waals surface area (Å²) in [4.78, 5) is 12.3. The predicted molar refractivity (Wildman–Crippen MR) is 113 cm³/mol. The molecule has 0 atom stereocenters. The summed E-state index contributed by atoms with van der Waals surface area (Å²) in [7, 11) is 0. The lowest BCUT2D eigenvalue weighted by molar-refractivity contribution is -0.117. The number of benzene rings is 2. The molecule has 0 aliphatic rings. The Hall–Kier alpha value is -2.53. The fraction of sp³-hybridized carbons (Fsp3) is 0.238. The maximum Gasteiger partial charge on any atom is 0.261 e. The van der Waals surface area contributed by atoms with E-state index in [1.165, 1.54) is 11.6 Å². The number of ether oxygens (including phenoxy) is 1. The van der Waals surface area contributed by atoms with Gasteiger partial charge in [0.2, 0.25) is 0 Å². The number of rotatable bonds is 8. The number of amides is 1. The lowest BCUT2D eigenvalue weighted by Crippen LogP contribution is -2.25. The third kappa shape index (κ3) is 6.29. The highest BCUT2D eigenvalue weighted by molar-refractivity contribution is 14.1. The zero-order valence-electron chi connectivity index (χ0n) is 15.0. The average Bonchev–Trinajstić information content (AvgIpc) is 2.68. The molecule has 0 fully saturated rings. The Morgan fingerprint density at radius 1 is 1.33 bits per heavy atom. The fourth-order valence-electron chi connectivity index (χ4n) is 2.49. The van der Waals surface area contributed by atoms with Crippen molar-refractivity contribution in [2.45, 2.75) is 19.8 Å². The van der Waals surface area contributed by atoms with Crippen LogP contribution in [0, 0.1) is 14.9 Å². The van der Waals surface area contributed by atoms with E-state index >= 15 is 0 Å². The van der Waals surface area contributed by atoms with Crippen LogP contribution in [0.25, 0.3) is 6.08 Å². The average molecular weight is 476 g/mol. The molecule has 2 N–H and O–H groups in total. The largest absolute Gasteiger partial charge is 0.504 e. The van der Waals surface area contributed by atoms with E-state index in [2.05, 4.69) is 5.32 Å². The molecule has 1 amide bonds. The molecule has 2 aromatic rings. The Bertz CT molecular complexity index is 858. The van der Waals surface area contributed by atoms with Crippen LogP contribution in [0.15, 0.2) is 48.0 Å². The van der Waals surface area contributed by atoms with Gasteiger partial charge >= 0.3 is 0 Å². The minimum Gasteiger partial charge on any atom is -0.504 e. The summed E-state index contributed by atoms with van der Waals surface area (Å²) < 4.78 is 5.98. The summed E-state index contributed by atoms with van der Waals surface area (Å²) in [6.45, 7) is 2.71. The molecule has 0 saturated carbocycles. The van der Waals surface area contributed by atoms with Crippen molar-refractivity contribution in [1.82, 2.24) is 5.32 Å². The van der Waals surface area contributed by atoms with E-state index in [9.17, 15) is 15.2 Å². The van der Waals surface area contributed by atoms with Crippen LogP contribution in [-0.4, -0.2) is 24.2 Å². The standard InChI is InChI=1S/C21H21IN2O3/c1-2-27-19-13-16(12-18(22)20(19)25)11-17(14-23)21(26)24-10-6-9-15-7-4-3-5-8-15/h3-5,7-8,11-13,25H,2,6,9-10H2,1H3,(H,24,26)/b17-11-. The number of nitrogens with zero attached hydrogens (tertiary/aromatic N) is 1. The van der Waals surface area contributed by atoms with Gasteiger partial charge in [0.15, 0.2) is 11.5 Å². The van der Waals surface area contributed by atoms with Crippen LogP contribution in [0.4, 0.5) is 0 Å². The fourth-order valence-corrected chi connectivity index (χ4v) is 3.12. The van der Waals surface area contributed by atoms with Crippen LogP contribution in [-0.2, 0) is 11.2 Å². The van der Waals surface area contributed by atoms with Crippen LogP contribution in [0.3, 0.4) is 0 Å². The first-order valence-corrected chi connectivity index (χ1v) is 9.72. The summed E-state index contributed by atoms with van der Waals surface area (Å²) in [5.74, 6) is -0.0266. The van der Waals surface area contributed by atoms with Gasteiger partial charge in [-0.3, -0.25) is 4.79 Å². The van der Waals surface area contributed by atoms with Gasteiger partial charge in [-0.05, 0) is 71.7 Å². The van der Waals surface area contributed by atoms with E-state index in [4.69, 9.17) is 4.74 Å². The highest BCUT2D eigenvalue weighted by atomic mass is 127. The molecule has 0 spiro atoms. The second kappa shape index (κ2) is 10.6. The van der Waals surface area contributed by atoms with Gasteiger partial charge < -0.3 is 15.2 Å². The highest BCUT2D eigenvalue weighted by Crippen LogP contribution is 2.33. The topological polar surface area (TPSA) is 82.3 Å². The first-order chi connectivity index (χ1) is 13.0. The molecule has 0 heterocycles. The van der Waals surface area contributed by atoms with E-state index in [1.54, 1.807) is 12.1 Å². The monoisotopic (exact) mass is 476 g/mol. The summed E-state index contributed by atoms with van der Waals surface area (Å²) in [5, 5.41) is 22.1. The maximum atomic E-state index is 12.3. The minimum atomic E-state index is -0.411. The molecule has 0 aromatic heterocycles. The number of hydrogen-bond acceptors (Lipinski definition) is 4. The molecular weight excluding hydrogens is 455 g/mol. The van der Waals surface area contributed by atoms with E-state index < -0.39 is 5.91 Å². The first kappa shape index (κ1) is 20.8. The molecule has 0 aliphatic heterocycles. The smallest absolute Gasteiger partial charge is 0.261 e. The van der Waals surface area contributed by atoms with Crippen LogP contribution in [0.5, 0.6) is 11.5 Å². The van der Waals surface area contributed by atoms with E-state index in [0.717, 1.165) is 12.8 Å². The number of nitriles is 1. The molecule has 0 radical (unpaired) electrons. The number of phenolic OH excluding ortho intramolecular Hbond substituents is 1. The van der Waals surface area contributed by atoms with E-state index in [0.29, 0.717) is 28.0 Å². The Morgan fingerprint density at radius 3 is 2.74 bits per heavy atom. The van der Waals surface area contributed by atoms with Crippen molar-refractivity contribution in [3.8, 4) is 17.6 Å². The summed E-state index contributed by atoms with van der Waals surface area (Å²) in [5.41, 5.74) is 1.85. The molecule has 140 valence electrons. The lowest BCUT2D eigenvalue weighted by atomic mass is 10.1. The van der Waals surface area contributed by atoms with Gasteiger partial charge in [0.05, 0.1) is 10.2 Å². The molecule has 6 heteroatoms. The second-order valence-corrected chi connectivity index (χ2v) is 6.96.